The van der Waals surface area contributed by atoms with Crippen LogP contribution in [0.5, 0.6) is 0 Å². The molecule has 0 saturated heterocycles. The largest absolute Gasteiger partial charge is 0.456 e. The highest BCUT2D eigenvalue weighted by Crippen LogP contribution is 2.40. The minimum Gasteiger partial charge on any atom is -0.456 e. The van der Waals surface area contributed by atoms with Gasteiger partial charge in [0, 0.05) is 11.1 Å². The summed E-state index contributed by atoms with van der Waals surface area (Å²) in [5.41, 5.74) is 9.81. The van der Waals surface area contributed by atoms with Crippen molar-refractivity contribution in [1.29, 1.82) is 0 Å². The standard InChI is InChI=1S/C51H30N4OS2/c57-50-52-49-53(35-14-2-1-3-15-35)43-20-8-9-21-44(43)54(49)51(58)55(50)45-22-11-23-47-48(45)42-30-34(25-27-46(42)56-47)32-13-10-12-31(28-32)33-24-26-40-38-18-5-4-16-36(38)37-17-6-7-19-39(37)41(40)29-33/h1-30H. The molecule has 0 bridgehead atoms. The van der Waals surface area contributed by atoms with E-state index in [0.29, 0.717) is 15.3 Å². The highest BCUT2D eigenvalue weighted by atomic mass is 32.1. The predicted molar refractivity (Wildman–Crippen MR) is 244 cm³/mol. The van der Waals surface area contributed by atoms with Crippen molar-refractivity contribution in [1.82, 2.24) is 18.5 Å². The lowest BCUT2D eigenvalue weighted by molar-refractivity contribution is 0.668. The number of rotatable bonds is 4. The second-order valence-corrected chi connectivity index (χ2v) is 15.4. The van der Waals surface area contributed by atoms with Crippen LogP contribution in [0.15, 0.2) is 186 Å². The van der Waals surface area contributed by atoms with Crippen molar-refractivity contribution in [2.45, 2.75) is 0 Å². The Balaban J connectivity index is 1.02. The topological polar surface area (TPSA) is 40.3 Å². The van der Waals surface area contributed by atoms with Gasteiger partial charge in [-0.3, -0.25) is 13.5 Å². The number of fused-ring (bicyclic) bond motifs is 12. The van der Waals surface area contributed by atoms with Crippen LogP contribution in [0, 0.1) is 9.54 Å². The number of furan rings is 1. The Hall–Kier alpha value is -7.19. The SMILES string of the molecule is S=c1nc2n(-c3ccccc3)c3ccccc3n2c(=S)n1-c1cccc2oc3ccc(-c4cccc(-c5ccc6c7ccccc7c7ccccc7c6c5)c4)cc3c12. The zero-order valence-corrected chi connectivity index (χ0v) is 32.5. The molecule has 0 aliphatic carbocycles. The molecule has 0 fully saturated rings. The number of hydrogen-bond donors (Lipinski definition) is 0. The van der Waals surface area contributed by atoms with Crippen LogP contribution in [0.2, 0.25) is 0 Å². The lowest BCUT2D eigenvalue weighted by Gasteiger charge is -2.13. The Morgan fingerprint density at radius 3 is 1.71 bits per heavy atom. The van der Waals surface area contributed by atoms with Crippen LogP contribution in [0.3, 0.4) is 0 Å². The molecule has 0 amide bonds. The molecule has 12 rings (SSSR count). The van der Waals surface area contributed by atoms with Gasteiger partial charge in [-0.2, -0.15) is 4.98 Å². The molecule has 9 aromatic carbocycles. The van der Waals surface area contributed by atoms with Crippen LogP contribution in [0.1, 0.15) is 0 Å². The smallest absolute Gasteiger partial charge is 0.224 e. The number of hydrogen-bond acceptors (Lipinski definition) is 4. The Morgan fingerprint density at radius 2 is 0.983 bits per heavy atom. The summed E-state index contributed by atoms with van der Waals surface area (Å²) in [6.45, 7) is 0. The fourth-order valence-electron chi connectivity index (χ4n) is 8.94. The van der Waals surface area contributed by atoms with E-state index in [1.165, 1.54) is 37.9 Å². The van der Waals surface area contributed by atoms with Gasteiger partial charge in [0.05, 0.1) is 22.1 Å². The lowest BCUT2D eigenvalue weighted by Crippen LogP contribution is -2.09. The first-order chi connectivity index (χ1) is 28.6. The van der Waals surface area contributed by atoms with E-state index in [1.807, 2.05) is 57.5 Å². The number of imidazole rings is 1. The Bertz CT molecular complexity index is 3760. The van der Waals surface area contributed by atoms with Crippen molar-refractivity contribution < 1.29 is 4.42 Å². The summed E-state index contributed by atoms with van der Waals surface area (Å²) in [5.74, 6) is 0.665. The highest BCUT2D eigenvalue weighted by Gasteiger charge is 2.20. The number of para-hydroxylation sites is 3. The van der Waals surface area contributed by atoms with Gasteiger partial charge in [-0.05, 0) is 140 Å². The van der Waals surface area contributed by atoms with Crippen molar-refractivity contribution >= 4 is 95.5 Å². The monoisotopic (exact) mass is 778 g/mol. The summed E-state index contributed by atoms with van der Waals surface area (Å²) >= 11 is 12.4. The average molecular weight is 779 g/mol. The van der Waals surface area contributed by atoms with Crippen molar-refractivity contribution in [2.75, 3.05) is 0 Å². The minimum absolute atomic E-state index is 0.367. The normalized spacial score (nSPS) is 11.9. The molecule has 0 spiro atoms. The molecule has 3 heterocycles. The van der Waals surface area contributed by atoms with Crippen molar-refractivity contribution in [3.8, 4) is 33.6 Å². The molecular formula is C51H30N4OS2. The van der Waals surface area contributed by atoms with E-state index in [1.54, 1.807) is 0 Å². The fraction of sp³-hybridized carbons (Fsp3) is 0. The Labute approximate surface area is 341 Å². The molecule has 0 aliphatic rings. The molecule has 7 heteroatoms. The minimum atomic E-state index is 0.367. The summed E-state index contributed by atoms with van der Waals surface area (Å²) < 4.78 is 13.4. The van der Waals surface area contributed by atoms with E-state index in [2.05, 4.69) is 138 Å². The van der Waals surface area contributed by atoms with Crippen molar-refractivity contribution in [3.05, 3.63) is 192 Å². The highest BCUT2D eigenvalue weighted by molar-refractivity contribution is 7.72. The Morgan fingerprint density at radius 1 is 0.414 bits per heavy atom. The lowest BCUT2D eigenvalue weighted by atomic mass is 9.91. The maximum Gasteiger partial charge on any atom is 0.224 e. The second-order valence-electron chi connectivity index (χ2n) is 14.7. The van der Waals surface area contributed by atoms with Gasteiger partial charge in [-0.1, -0.05) is 121 Å². The van der Waals surface area contributed by atoms with Gasteiger partial charge in [0.25, 0.3) is 0 Å². The molecule has 0 aliphatic heterocycles. The average Bonchev–Trinajstić information content (AvgIpc) is 3.82. The molecule has 0 atom stereocenters. The quantitative estimate of drug-likeness (QED) is 0.132. The maximum absolute atomic E-state index is 6.49. The van der Waals surface area contributed by atoms with E-state index in [9.17, 15) is 0 Å². The molecule has 3 aromatic heterocycles. The van der Waals surface area contributed by atoms with Gasteiger partial charge in [-0.25, -0.2) is 0 Å². The molecular weight excluding hydrogens is 749 g/mol. The van der Waals surface area contributed by atoms with E-state index in [4.69, 9.17) is 33.8 Å². The summed E-state index contributed by atoms with van der Waals surface area (Å²) in [7, 11) is 0. The molecule has 0 unspecified atom stereocenters. The molecule has 12 aromatic rings. The zero-order chi connectivity index (χ0) is 38.5. The summed E-state index contributed by atoms with van der Waals surface area (Å²) in [5, 5.41) is 9.52. The third-order valence-corrected chi connectivity index (χ3v) is 12.2. The van der Waals surface area contributed by atoms with Gasteiger partial charge in [0.15, 0.2) is 4.77 Å². The van der Waals surface area contributed by atoms with Gasteiger partial charge in [0.1, 0.15) is 11.2 Å². The predicted octanol–water partition coefficient (Wildman–Crippen LogP) is 14.2. The van der Waals surface area contributed by atoms with Crippen LogP contribution in [0.4, 0.5) is 0 Å². The first kappa shape index (κ1) is 33.0. The molecule has 58 heavy (non-hydrogen) atoms. The number of aromatic nitrogens is 4. The molecule has 272 valence electrons. The van der Waals surface area contributed by atoms with Gasteiger partial charge < -0.3 is 4.42 Å². The molecule has 0 saturated carbocycles. The third-order valence-electron chi connectivity index (χ3n) is 11.5. The fourth-order valence-corrected chi connectivity index (χ4v) is 9.63. The molecule has 5 nitrogen and oxygen atoms in total. The summed E-state index contributed by atoms with van der Waals surface area (Å²) in [6.07, 6.45) is 0. The van der Waals surface area contributed by atoms with Gasteiger partial charge in [-0.15, -0.1) is 0 Å². The van der Waals surface area contributed by atoms with E-state index < -0.39 is 0 Å². The van der Waals surface area contributed by atoms with E-state index in [0.717, 1.165) is 61.0 Å². The first-order valence-corrected chi connectivity index (χ1v) is 20.0. The second kappa shape index (κ2) is 12.7. The third kappa shape index (κ3) is 4.84. The zero-order valence-electron chi connectivity index (χ0n) is 30.8. The van der Waals surface area contributed by atoms with Crippen LogP contribution in [0.25, 0.3) is 105 Å². The van der Waals surface area contributed by atoms with Crippen LogP contribution < -0.4 is 0 Å². The molecule has 0 radical (unpaired) electrons. The van der Waals surface area contributed by atoms with E-state index in [-0.39, 0.29) is 0 Å². The molecule has 0 N–H and O–H groups in total. The first-order valence-electron chi connectivity index (χ1n) is 19.2. The Kier molecular flexibility index (Phi) is 7.20. The van der Waals surface area contributed by atoms with E-state index >= 15 is 0 Å². The summed E-state index contributed by atoms with van der Waals surface area (Å²) in [4.78, 5) is 5.06. The van der Waals surface area contributed by atoms with Crippen LogP contribution in [-0.2, 0) is 0 Å². The number of nitrogens with zero attached hydrogens (tertiary/aromatic N) is 4. The van der Waals surface area contributed by atoms with Gasteiger partial charge >= 0.3 is 0 Å². The summed E-state index contributed by atoms with van der Waals surface area (Å²) in [6, 6.07) is 63.9. The van der Waals surface area contributed by atoms with Crippen molar-refractivity contribution in [2.24, 2.45) is 0 Å². The number of benzene rings is 9. The van der Waals surface area contributed by atoms with Crippen LogP contribution in [-0.4, -0.2) is 18.5 Å². The maximum atomic E-state index is 6.49. The van der Waals surface area contributed by atoms with Crippen molar-refractivity contribution in [3.63, 3.8) is 0 Å². The van der Waals surface area contributed by atoms with Gasteiger partial charge in [0.2, 0.25) is 10.5 Å². The van der Waals surface area contributed by atoms with Crippen LogP contribution >= 0.6 is 24.4 Å².